The van der Waals surface area contributed by atoms with Gasteiger partial charge >= 0.3 is 0 Å². The van der Waals surface area contributed by atoms with Crippen LogP contribution < -0.4 is 11.1 Å². The number of piperidine rings is 1. The van der Waals surface area contributed by atoms with Crippen LogP contribution in [-0.4, -0.2) is 43.2 Å². The lowest BCUT2D eigenvalue weighted by molar-refractivity contribution is 0.141. The van der Waals surface area contributed by atoms with Gasteiger partial charge in [-0.25, -0.2) is 0 Å². The van der Waals surface area contributed by atoms with Gasteiger partial charge in [-0.3, -0.25) is 5.32 Å². The second kappa shape index (κ2) is 4.52. The smallest absolute Gasteiger partial charge is 0.0581 e. The maximum absolute atomic E-state index is 5.98. The fourth-order valence-electron chi connectivity index (χ4n) is 2.93. The van der Waals surface area contributed by atoms with Crippen LogP contribution in [0.1, 0.15) is 19.8 Å². The summed E-state index contributed by atoms with van der Waals surface area (Å²) in [6, 6.07) is 0. The number of rotatable bonds is 3. The van der Waals surface area contributed by atoms with E-state index in [1.807, 2.05) is 6.92 Å². The second-order valence-corrected chi connectivity index (χ2v) is 4.68. The minimum atomic E-state index is 0.164. The molecule has 0 saturated carbocycles. The predicted molar refractivity (Wildman–Crippen MR) is 62.4 cm³/mol. The van der Waals surface area contributed by atoms with Crippen molar-refractivity contribution in [2.45, 2.75) is 25.3 Å². The summed E-state index contributed by atoms with van der Waals surface area (Å²) in [6.07, 6.45) is 2.48. The van der Waals surface area contributed by atoms with Crippen molar-refractivity contribution in [2.75, 3.05) is 32.7 Å². The molecule has 0 aliphatic carbocycles. The molecular weight excluding hydrogens is 186 g/mol. The summed E-state index contributed by atoms with van der Waals surface area (Å²) >= 11 is 0. The average molecular weight is 207 g/mol. The highest BCUT2D eigenvalue weighted by molar-refractivity contribution is 5.07. The van der Waals surface area contributed by atoms with Gasteiger partial charge in [-0.2, -0.15) is 0 Å². The van der Waals surface area contributed by atoms with E-state index in [2.05, 4.69) is 22.1 Å². The van der Waals surface area contributed by atoms with Gasteiger partial charge in [0.2, 0.25) is 0 Å². The van der Waals surface area contributed by atoms with E-state index in [0.29, 0.717) is 0 Å². The number of hydrogen-bond acceptors (Lipinski definition) is 3. The van der Waals surface area contributed by atoms with Crippen molar-refractivity contribution in [2.24, 2.45) is 11.7 Å². The van der Waals surface area contributed by atoms with E-state index < -0.39 is 0 Å². The van der Waals surface area contributed by atoms with E-state index in [4.69, 9.17) is 5.73 Å². The molecule has 2 aliphatic heterocycles. The van der Waals surface area contributed by atoms with Gasteiger partial charge in [0.05, 0.1) is 6.54 Å². The molecule has 0 radical (unpaired) electrons. The van der Waals surface area contributed by atoms with E-state index in [0.717, 1.165) is 19.0 Å². The van der Waals surface area contributed by atoms with Gasteiger partial charge in [-0.15, -0.1) is 5.92 Å². The van der Waals surface area contributed by atoms with E-state index in [1.54, 1.807) is 0 Å². The Morgan fingerprint density at radius 2 is 2.40 bits per heavy atom. The zero-order chi connectivity index (χ0) is 10.7. The molecule has 3 heteroatoms. The van der Waals surface area contributed by atoms with Crippen LogP contribution in [0, 0.1) is 17.8 Å². The fraction of sp³-hybridized carbons (Fsp3) is 0.833. The molecule has 84 valence electrons. The normalized spacial score (nSPS) is 38.5. The van der Waals surface area contributed by atoms with Gasteiger partial charge in [0.1, 0.15) is 0 Å². The van der Waals surface area contributed by atoms with Gasteiger partial charge in [-0.05, 0) is 38.8 Å². The molecule has 2 fully saturated rings. The van der Waals surface area contributed by atoms with Crippen molar-refractivity contribution in [3.63, 3.8) is 0 Å². The second-order valence-electron chi connectivity index (χ2n) is 4.68. The summed E-state index contributed by atoms with van der Waals surface area (Å²) in [6.45, 7) is 7.09. The van der Waals surface area contributed by atoms with E-state index in [1.165, 1.54) is 32.5 Å². The largest absolute Gasteiger partial charge is 0.329 e. The van der Waals surface area contributed by atoms with E-state index >= 15 is 0 Å². The molecule has 3 nitrogen and oxygen atoms in total. The van der Waals surface area contributed by atoms with Crippen LogP contribution >= 0.6 is 0 Å². The third-order valence-electron chi connectivity index (χ3n) is 4.00. The first-order chi connectivity index (χ1) is 7.30. The van der Waals surface area contributed by atoms with Crippen LogP contribution in [0.25, 0.3) is 0 Å². The summed E-state index contributed by atoms with van der Waals surface area (Å²) in [5, 5.41) is 3.59. The predicted octanol–water partition coefficient (Wildman–Crippen LogP) is 0.0224. The molecule has 0 amide bonds. The first kappa shape index (κ1) is 10.9. The summed E-state index contributed by atoms with van der Waals surface area (Å²) in [7, 11) is 0. The van der Waals surface area contributed by atoms with Crippen LogP contribution in [0.15, 0.2) is 0 Å². The molecule has 3 atom stereocenters. The molecule has 0 aromatic rings. The van der Waals surface area contributed by atoms with Crippen LogP contribution in [-0.2, 0) is 0 Å². The molecule has 2 bridgehead atoms. The van der Waals surface area contributed by atoms with Crippen molar-refractivity contribution < 1.29 is 0 Å². The summed E-state index contributed by atoms with van der Waals surface area (Å²) in [4.78, 5) is 2.55. The van der Waals surface area contributed by atoms with Crippen molar-refractivity contribution in [3.05, 3.63) is 0 Å². The Morgan fingerprint density at radius 3 is 3.13 bits per heavy atom. The maximum Gasteiger partial charge on any atom is 0.0581 e. The van der Waals surface area contributed by atoms with Crippen LogP contribution in [0.2, 0.25) is 0 Å². The maximum atomic E-state index is 5.98. The fourth-order valence-corrected chi connectivity index (χ4v) is 2.93. The Bertz CT molecular complexity index is 278. The highest BCUT2D eigenvalue weighted by Crippen LogP contribution is 2.34. The Morgan fingerprint density at radius 1 is 1.53 bits per heavy atom. The Labute approximate surface area is 92.4 Å². The zero-order valence-electron chi connectivity index (χ0n) is 9.55. The van der Waals surface area contributed by atoms with Gasteiger partial charge in [0, 0.05) is 18.6 Å². The van der Waals surface area contributed by atoms with Gasteiger partial charge in [0.15, 0.2) is 0 Å². The average Bonchev–Trinajstić information content (AvgIpc) is 2.67. The van der Waals surface area contributed by atoms with Gasteiger partial charge in [-0.1, -0.05) is 5.92 Å². The first-order valence-corrected chi connectivity index (χ1v) is 5.88. The topological polar surface area (TPSA) is 41.3 Å². The van der Waals surface area contributed by atoms with Crippen LogP contribution in [0.3, 0.4) is 0 Å². The number of nitrogens with zero attached hydrogens (tertiary/aromatic N) is 1. The highest BCUT2D eigenvalue weighted by atomic mass is 15.2. The SMILES string of the molecule is CC#CCNC1(CN)CCN2CCC1C2. The van der Waals surface area contributed by atoms with Crippen LogP contribution in [0.4, 0.5) is 0 Å². The number of hydrogen-bond donors (Lipinski definition) is 2. The molecule has 15 heavy (non-hydrogen) atoms. The summed E-state index contributed by atoms with van der Waals surface area (Å²) in [5.41, 5.74) is 6.14. The Hall–Kier alpha value is -0.560. The molecule has 2 saturated heterocycles. The molecule has 0 aromatic carbocycles. The number of nitrogens with two attached hydrogens (primary N) is 1. The lowest BCUT2D eigenvalue weighted by Crippen LogP contribution is -2.60. The van der Waals surface area contributed by atoms with E-state index in [-0.39, 0.29) is 5.54 Å². The van der Waals surface area contributed by atoms with Crippen LogP contribution in [0.5, 0.6) is 0 Å². The zero-order valence-corrected chi connectivity index (χ0v) is 9.55. The monoisotopic (exact) mass is 207 g/mol. The first-order valence-electron chi connectivity index (χ1n) is 5.88. The lowest BCUT2D eigenvalue weighted by atomic mass is 9.79. The standard InChI is InChI=1S/C12H21N3/c1-2-3-6-14-12(10-13)5-8-15-7-4-11(12)9-15/h11,14H,4-10,13H2,1H3. The summed E-state index contributed by atoms with van der Waals surface area (Å²) < 4.78 is 0. The van der Waals surface area contributed by atoms with Gasteiger partial charge < -0.3 is 10.6 Å². The molecule has 3 N–H and O–H groups in total. The van der Waals surface area contributed by atoms with Gasteiger partial charge in [0.25, 0.3) is 0 Å². The third-order valence-corrected chi connectivity index (χ3v) is 4.00. The molecule has 2 aliphatic rings. The molecule has 2 rings (SSSR count). The molecule has 2 heterocycles. The highest BCUT2D eigenvalue weighted by Gasteiger charge is 2.44. The lowest BCUT2D eigenvalue weighted by Gasteiger charge is -2.42. The quantitative estimate of drug-likeness (QED) is 0.641. The van der Waals surface area contributed by atoms with E-state index in [9.17, 15) is 0 Å². The molecule has 0 aromatic heterocycles. The number of fused-ring (bicyclic) bond motifs is 2. The number of nitrogens with one attached hydrogen (secondary N) is 1. The summed E-state index contributed by atoms with van der Waals surface area (Å²) in [5.74, 6) is 6.74. The third kappa shape index (κ3) is 2.03. The van der Waals surface area contributed by atoms with Crippen molar-refractivity contribution in [3.8, 4) is 11.8 Å². The Kier molecular flexibility index (Phi) is 3.30. The molecular formula is C12H21N3. The van der Waals surface area contributed by atoms with Crippen molar-refractivity contribution in [1.82, 2.24) is 10.2 Å². The minimum absolute atomic E-state index is 0.164. The molecule has 0 spiro atoms. The van der Waals surface area contributed by atoms with Crippen molar-refractivity contribution >= 4 is 0 Å². The molecule has 3 unspecified atom stereocenters. The van der Waals surface area contributed by atoms with Crippen molar-refractivity contribution in [1.29, 1.82) is 0 Å². The minimum Gasteiger partial charge on any atom is -0.329 e. The Balaban J connectivity index is 2.02.